The van der Waals surface area contributed by atoms with Crippen molar-refractivity contribution in [3.63, 3.8) is 0 Å². The van der Waals surface area contributed by atoms with Crippen LogP contribution in [0.3, 0.4) is 0 Å². The second-order valence-electron chi connectivity index (χ2n) is 5.12. The molecule has 19 heavy (non-hydrogen) atoms. The number of piperidine rings is 1. The summed E-state index contributed by atoms with van der Waals surface area (Å²) in [5.41, 5.74) is 0.998. The lowest BCUT2D eigenvalue weighted by Gasteiger charge is -2.22. The Morgan fingerprint density at radius 1 is 1.26 bits per heavy atom. The predicted molar refractivity (Wildman–Crippen MR) is 80.7 cm³/mol. The van der Waals surface area contributed by atoms with Crippen LogP contribution in [0.1, 0.15) is 24.8 Å². The van der Waals surface area contributed by atoms with Gasteiger partial charge in [-0.2, -0.15) is 0 Å². The molecule has 0 spiro atoms. The van der Waals surface area contributed by atoms with Crippen LogP contribution in [-0.2, 0) is 9.84 Å². The van der Waals surface area contributed by atoms with Crippen molar-refractivity contribution >= 4 is 22.2 Å². The van der Waals surface area contributed by atoms with Crippen LogP contribution in [-0.4, -0.2) is 27.3 Å². The summed E-state index contributed by atoms with van der Waals surface area (Å²) in [7, 11) is -3.10. The van der Waals surface area contributed by atoms with E-state index in [2.05, 4.69) is 5.32 Å². The first-order chi connectivity index (χ1) is 8.58. The van der Waals surface area contributed by atoms with E-state index in [1.807, 2.05) is 19.1 Å². The van der Waals surface area contributed by atoms with E-state index in [1.54, 1.807) is 12.1 Å². The number of aryl methyl sites for hydroxylation is 1. The van der Waals surface area contributed by atoms with Crippen molar-refractivity contribution in [1.29, 1.82) is 0 Å². The van der Waals surface area contributed by atoms with E-state index in [4.69, 9.17) is 0 Å². The Bertz CT molecular complexity index is 496. The molecule has 108 valence electrons. The highest BCUT2D eigenvalue weighted by Gasteiger charge is 2.19. The summed E-state index contributed by atoms with van der Waals surface area (Å²) in [5.74, 6) is 0.840. The molecule has 0 radical (unpaired) electrons. The fraction of sp³-hybridized carbons (Fsp3) is 0.571. The Labute approximate surface area is 122 Å². The second kappa shape index (κ2) is 7.27. The van der Waals surface area contributed by atoms with Crippen molar-refractivity contribution < 1.29 is 8.42 Å². The van der Waals surface area contributed by atoms with Crippen LogP contribution in [0.4, 0.5) is 0 Å². The molecule has 1 aliphatic heterocycles. The van der Waals surface area contributed by atoms with Gasteiger partial charge >= 0.3 is 0 Å². The minimum absolute atomic E-state index is 0. The van der Waals surface area contributed by atoms with E-state index in [9.17, 15) is 8.42 Å². The van der Waals surface area contributed by atoms with E-state index in [-0.39, 0.29) is 18.2 Å². The first kappa shape index (κ1) is 16.5. The minimum atomic E-state index is -3.10. The zero-order valence-corrected chi connectivity index (χ0v) is 12.9. The number of benzene rings is 1. The Morgan fingerprint density at radius 2 is 1.95 bits per heavy atom. The molecule has 1 aliphatic rings. The number of sulfone groups is 1. The molecule has 1 aromatic carbocycles. The number of nitrogens with one attached hydrogen (secondary N) is 1. The van der Waals surface area contributed by atoms with E-state index < -0.39 is 9.84 Å². The van der Waals surface area contributed by atoms with Gasteiger partial charge in [0.2, 0.25) is 0 Å². The van der Waals surface area contributed by atoms with E-state index in [0.29, 0.717) is 10.8 Å². The molecule has 0 unspecified atom stereocenters. The summed E-state index contributed by atoms with van der Waals surface area (Å²) in [5, 5.41) is 3.30. The predicted octanol–water partition coefficient (Wildman–Crippen LogP) is 2.58. The van der Waals surface area contributed by atoms with E-state index in [0.717, 1.165) is 37.9 Å². The third-order valence-electron chi connectivity index (χ3n) is 3.60. The molecule has 0 atom stereocenters. The van der Waals surface area contributed by atoms with Crippen molar-refractivity contribution in [2.24, 2.45) is 5.92 Å². The molecular weight excluding hydrogens is 282 g/mol. The van der Waals surface area contributed by atoms with Gasteiger partial charge in [0.1, 0.15) is 0 Å². The molecule has 1 aromatic rings. The molecule has 1 heterocycles. The Hall–Kier alpha value is -0.580. The third-order valence-corrected chi connectivity index (χ3v) is 5.35. The maximum atomic E-state index is 12.2. The number of rotatable bonds is 4. The van der Waals surface area contributed by atoms with Gasteiger partial charge in [0.05, 0.1) is 10.6 Å². The molecular formula is C14H22ClNO2S. The van der Waals surface area contributed by atoms with Gasteiger partial charge in [0.15, 0.2) is 9.84 Å². The minimum Gasteiger partial charge on any atom is -0.317 e. The van der Waals surface area contributed by atoms with Crippen molar-refractivity contribution in [1.82, 2.24) is 5.32 Å². The third kappa shape index (κ3) is 4.79. The van der Waals surface area contributed by atoms with Gasteiger partial charge < -0.3 is 5.32 Å². The van der Waals surface area contributed by atoms with Gasteiger partial charge in [0.25, 0.3) is 0 Å². The fourth-order valence-corrected chi connectivity index (χ4v) is 3.95. The van der Waals surface area contributed by atoms with Crippen LogP contribution in [0.5, 0.6) is 0 Å². The van der Waals surface area contributed by atoms with E-state index in [1.165, 1.54) is 0 Å². The van der Waals surface area contributed by atoms with Gasteiger partial charge in [-0.15, -0.1) is 12.4 Å². The Kier molecular flexibility index (Phi) is 6.30. The molecule has 1 fully saturated rings. The number of hydrogen-bond donors (Lipinski definition) is 1. The summed E-state index contributed by atoms with van der Waals surface area (Å²) < 4.78 is 24.4. The van der Waals surface area contributed by atoms with Crippen LogP contribution in [0.2, 0.25) is 0 Å². The summed E-state index contributed by atoms with van der Waals surface area (Å²) in [6, 6.07) is 7.20. The topological polar surface area (TPSA) is 46.2 Å². The lowest BCUT2D eigenvalue weighted by atomic mass is 9.96. The normalized spacial score (nSPS) is 16.9. The Morgan fingerprint density at radius 3 is 2.58 bits per heavy atom. The molecule has 5 heteroatoms. The average molecular weight is 304 g/mol. The van der Waals surface area contributed by atoms with Crippen molar-refractivity contribution in [3.05, 3.63) is 29.8 Å². The van der Waals surface area contributed by atoms with E-state index >= 15 is 0 Å². The SMILES string of the molecule is Cc1cccc(S(=O)(=O)CCC2CCNCC2)c1.Cl. The molecule has 0 saturated carbocycles. The maximum absolute atomic E-state index is 12.2. The highest BCUT2D eigenvalue weighted by molar-refractivity contribution is 7.91. The van der Waals surface area contributed by atoms with Gasteiger partial charge in [0, 0.05) is 0 Å². The summed E-state index contributed by atoms with van der Waals surface area (Å²) in [4.78, 5) is 0.469. The molecule has 1 saturated heterocycles. The largest absolute Gasteiger partial charge is 0.317 e. The fourth-order valence-electron chi connectivity index (χ4n) is 2.42. The van der Waals surface area contributed by atoms with Gasteiger partial charge in [-0.3, -0.25) is 0 Å². The van der Waals surface area contributed by atoms with Crippen LogP contribution >= 0.6 is 12.4 Å². The molecule has 3 nitrogen and oxygen atoms in total. The lowest BCUT2D eigenvalue weighted by molar-refractivity contribution is 0.365. The van der Waals surface area contributed by atoms with Crippen molar-refractivity contribution in [2.45, 2.75) is 31.1 Å². The quantitative estimate of drug-likeness (QED) is 0.930. The zero-order chi connectivity index (χ0) is 13.0. The molecule has 0 amide bonds. The molecule has 2 rings (SSSR count). The van der Waals surface area contributed by atoms with Crippen LogP contribution in [0, 0.1) is 12.8 Å². The highest BCUT2D eigenvalue weighted by Crippen LogP contribution is 2.20. The van der Waals surface area contributed by atoms with Gasteiger partial charge in [-0.25, -0.2) is 8.42 Å². The maximum Gasteiger partial charge on any atom is 0.178 e. The van der Waals surface area contributed by atoms with Gasteiger partial charge in [-0.1, -0.05) is 12.1 Å². The second-order valence-corrected chi connectivity index (χ2v) is 7.23. The van der Waals surface area contributed by atoms with Crippen molar-refractivity contribution in [2.75, 3.05) is 18.8 Å². The number of hydrogen-bond acceptors (Lipinski definition) is 3. The van der Waals surface area contributed by atoms with Crippen molar-refractivity contribution in [3.8, 4) is 0 Å². The standard InChI is InChI=1S/C14H21NO2S.ClH/c1-12-3-2-4-14(11-12)18(16,17)10-7-13-5-8-15-9-6-13;/h2-4,11,13,15H,5-10H2,1H3;1H. The zero-order valence-electron chi connectivity index (χ0n) is 11.3. The van der Waals surface area contributed by atoms with Crippen LogP contribution < -0.4 is 5.32 Å². The Balaban J connectivity index is 0.00000180. The molecule has 0 bridgehead atoms. The van der Waals surface area contributed by atoms with Crippen LogP contribution in [0.25, 0.3) is 0 Å². The monoisotopic (exact) mass is 303 g/mol. The van der Waals surface area contributed by atoms with Crippen LogP contribution in [0.15, 0.2) is 29.2 Å². The summed E-state index contributed by atoms with van der Waals surface area (Å²) >= 11 is 0. The molecule has 0 aliphatic carbocycles. The summed E-state index contributed by atoms with van der Waals surface area (Å²) in [6.07, 6.45) is 2.99. The molecule has 0 aromatic heterocycles. The lowest BCUT2D eigenvalue weighted by Crippen LogP contribution is -2.28. The number of halogens is 1. The van der Waals surface area contributed by atoms with Gasteiger partial charge in [-0.05, 0) is 62.9 Å². The average Bonchev–Trinajstić information content (AvgIpc) is 2.38. The smallest absolute Gasteiger partial charge is 0.178 e. The molecule has 1 N–H and O–H groups in total. The first-order valence-electron chi connectivity index (χ1n) is 6.58. The summed E-state index contributed by atoms with van der Waals surface area (Å²) in [6.45, 7) is 3.97. The first-order valence-corrected chi connectivity index (χ1v) is 8.23. The highest BCUT2D eigenvalue weighted by atomic mass is 35.5.